The number of nitriles is 1. The molecule has 2 aromatic rings. The highest BCUT2D eigenvalue weighted by atomic mass is 16.4. The maximum absolute atomic E-state index is 11.9. The number of nitrogens with zero attached hydrogens (tertiary/aromatic N) is 1. The van der Waals surface area contributed by atoms with Crippen molar-refractivity contribution in [3.05, 3.63) is 50.8 Å². The minimum absolute atomic E-state index is 0.150. The molecule has 0 bridgehead atoms. The monoisotopic (exact) mass is 313 g/mol. The number of benzene rings is 1. The number of rotatable bonds is 3. The summed E-state index contributed by atoms with van der Waals surface area (Å²) in [4.78, 5) is 36.9. The van der Waals surface area contributed by atoms with Crippen LogP contribution in [0.1, 0.15) is 31.8 Å². The zero-order valence-electron chi connectivity index (χ0n) is 11.9. The summed E-state index contributed by atoms with van der Waals surface area (Å²) in [5, 5.41) is 27.7. The molecule has 0 atom stereocenters. The van der Waals surface area contributed by atoms with E-state index in [0.29, 0.717) is 5.56 Å². The molecule has 0 saturated carbocycles. The normalized spacial score (nSPS) is 10.1. The van der Waals surface area contributed by atoms with Crippen LogP contribution in [0.3, 0.4) is 0 Å². The average molecular weight is 313 g/mol. The Morgan fingerprint density at radius 1 is 1.22 bits per heavy atom. The minimum Gasteiger partial charge on any atom is -0.478 e. The Hall–Kier alpha value is -3.60. The fraction of sp³-hybridized carbons (Fsp3) is 0.0667. The van der Waals surface area contributed by atoms with Gasteiger partial charge in [0.1, 0.15) is 16.9 Å². The number of carbonyl (C=O) groups is 2. The highest BCUT2D eigenvalue weighted by Crippen LogP contribution is 2.32. The molecule has 0 fully saturated rings. The zero-order chi connectivity index (χ0) is 17.3. The van der Waals surface area contributed by atoms with Crippen LogP contribution in [0.4, 0.5) is 5.82 Å². The molecule has 0 aliphatic heterocycles. The van der Waals surface area contributed by atoms with E-state index in [1.54, 1.807) is 0 Å². The molecule has 0 unspecified atom stereocenters. The van der Waals surface area contributed by atoms with Crippen LogP contribution in [-0.4, -0.2) is 27.1 Å². The van der Waals surface area contributed by atoms with Gasteiger partial charge in [-0.25, -0.2) is 9.59 Å². The molecule has 1 heterocycles. The van der Waals surface area contributed by atoms with Crippen LogP contribution < -0.4 is 11.3 Å². The average Bonchev–Trinajstić information content (AvgIpc) is 2.45. The van der Waals surface area contributed by atoms with Crippen molar-refractivity contribution in [2.75, 3.05) is 5.73 Å². The second-order valence-corrected chi connectivity index (χ2v) is 4.69. The van der Waals surface area contributed by atoms with Gasteiger partial charge in [0.2, 0.25) is 0 Å². The Bertz CT molecular complexity index is 937. The molecule has 116 valence electrons. The Labute approximate surface area is 129 Å². The summed E-state index contributed by atoms with van der Waals surface area (Å²) >= 11 is 0. The third-order valence-electron chi connectivity index (χ3n) is 3.40. The number of nitrogen functional groups attached to an aromatic ring is 1. The Morgan fingerprint density at radius 2 is 1.83 bits per heavy atom. The second kappa shape index (κ2) is 5.65. The van der Waals surface area contributed by atoms with Gasteiger partial charge in [-0.3, -0.25) is 4.79 Å². The van der Waals surface area contributed by atoms with Crippen LogP contribution in [-0.2, 0) is 0 Å². The van der Waals surface area contributed by atoms with Crippen molar-refractivity contribution in [3.63, 3.8) is 0 Å². The molecule has 1 aromatic carbocycles. The molecule has 0 spiro atoms. The summed E-state index contributed by atoms with van der Waals surface area (Å²) in [5.74, 6) is -3.53. The number of aromatic amines is 1. The third kappa shape index (κ3) is 2.51. The van der Waals surface area contributed by atoms with E-state index in [4.69, 9.17) is 11.0 Å². The number of hydrogen-bond donors (Lipinski definition) is 4. The van der Waals surface area contributed by atoms with Crippen molar-refractivity contribution >= 4 is 17.8 Å². The lowest BCUT2D eigenvalue weighted by atomic mass is 9.90. The van der Waals surface area contributed by atoms with Crippen molar-refractivity contribution in [1.29, 1.82) is 5.26 Å². The van der Waals surface area contributed by atoms with Gasteiger partial charge < -0.3 is 20.9 Å². The van der Waals surface area contributed by atoms with Gasteiger partial charge in [-0.2, -0.15) is 5.26 Å². The maximum Gasteiger partial charge on any atom is 0.342 e. The van der Waals surface area contributed by atoms with Crippen molar-refractivity contribution < 1.29 is 19.8 Å². The van der Waals surface area contributed by atoms with E-state index < -0.39 is 34.4 Å². The lowest BCUT2D eigenvalue weighted by Crippen LogP contribution is -2.24. The number of hydrogen-bond acceptors (Lipinski definition) is 5. The Kier molecular flexibility index (Phi) is 3.88. The molecule has 0 saturated heterocycles. The lowest BCUT2D eigenvalue weighted by Gasteiger charge is -2.14. The van der Waals surface area contributed by atoms with Crippen LogP contribution >= 0.6 is 0 Å². The topological polar surface area (TPSA) is 157 Å². The summed E-state index contributed by atoms with van der Waals surface area (Å²) in [5.41, 5.74) is 3.68. The first-order valence-electron chi connectivity index (χ1n) is 6.32. The van der Waals surface area contributed by atoms with Crippen molar-refractivity contribution in [2.24, 2.45) is 0 Å². The van der Waals surface area contributed by atoms with Gasteiger partial charge in [-0.1, -0.05) is 12.1 Å². The first kappa shape index (κ1) is 15.8. The maximum atomic E-state index is 11.9. The molecular formula is C15H11N3O5. The number of nitrogens with two attached hydrogens (primary N) is 1. The van der Waals surface area contributed by atoms with E-state index in [0.717, 1.165) is 0 Å². The predicted octanol–water partition coefficient (Wildman–Crippen LogP) is 1.20. The lowest BCUT2D eigenvalue weighted by molar-refractivity contribution is 0.0695. The van der Waals surface area contributed by atoms with Gasteiger partial charge in [0.25, 0.3) is 5.56 Å². The van der Waals surface area contributed by atoms with Crippen LogP contribution in [0.2, 0.25) is 0 Å². The van der Waals surface area contributed by atoms with Gasteiger partial charge in [-0.05, 0) is 24.1 Å². The number of anilines is 1. The highest BCUT2D eigenvalue weighted by Gasteiger charge is 2.27. The molecule has 0 aliphatic carbocycles. The van der Waals surface area contributed by atoms with Crippen molar-refractivity contribution in [1.82, 2.24) is 4.98 Å². The highest BCUT2D eigenvalue weighted by molar-refractivity contribution is 6.07. The summed E-state index contributed by atoms with van der Waals surface area (Å²) in [7, 11) is 0. The summed E-state index contributed by atoms with van der Waals surface area (Å²) in [6.45, 7) is 1.53. The molecule has 0 aliphatic rings. The van der Waals surface area contributed by atoms with E-state index in [1.165, 1.54) is 25.1 Å². The summed E-state index contributed by atoms with van der Waals surface area (Å²) in [6.07, 6.45) is 0. The van der Waals surface area contributed by atoms with Crippen LogP contribution in [0.15, 0.2) is 23.0 Å². The van der Waals surface area contributed by atoms with E-state index >= 15 is 0 Å². The fourth-order valence-electron chi connectivity index (χ4n) is 2.34. The number of H-pyrrole nitrogens is 1. The molecule has 23 heavy (non-hydrogen) atoms. The number of aromatic carboxylic acids is 2. The molecule has 0 radical (unpaired) electrons. The first-order valence-corrected chi connectivity index (χ1v) is 6.32. The zero-order valence-corrected chi connectivity index (χ0v) is 11.9. The molecular weight excluding hydrogens is 302 g/mol. The Morgan fingerprint density at radius 3 is 2.35 bits per heavy atom. The van der Waals surface area contributed by atoms with Crippen LogP contribution in [0.5, 0.6) is 0 Å². The molecule has 0 amide bonds. The molecule has 8 nitrogen and oxygen atoms in total. The number of aromatic nitrogens is 1. The third-order valence-corrected chi connectivity index (χ3v) is 3.40. The van der Waals surface area contributed by atoms with Gasteiger partial charge in [-0.15, -0.1) is 0 Å². The summed E-state index contributed by atoms with van der Waals surface area (Å²) < 4.78 is 0. The van der Waals surface area contributed by atoms with Crippen LogP contribution in [0, 0.1) is 18.3 Å². The first-order chi connectivity index (χ1) is 10.8. The van der Waals surface area contributed by atoms with Crippen LogP contribution in [0.25, 0.3) is 11.1 Å². The van der Waals surface area contributed by atoms with Crippen molar-refractivity contribution in [2.45, 2.75) is 6.92 Å². The molecule has 1 aromatic heterocycles. The number of carboxylic acids is 2. The standard InChI is InChI=1S/C15H11N3O5/c1-6-7(5-16)3-2-4-8(6)9-10(14(20)21)12(17)18-13(19)11(9)15(22)23/h2-4H,1H3,(H,20,21)(H,22,23)(H3,17,18,19). The van der Waals surface area contributed by atoms with Crippen molar-refractivity contribution in [3.8, 4) is 17.2 Å². The summed E-state index contributed by atoms with van der Waals surface area (Å²) in [6, 6.07) is 6.32. The quantitative estimate of drug-likeness (QED) is 0.662. The van der Waals surface area contributed by atoms with E-state index in [2.05, 4.69) is 0 Å². The largest absolute Gasteiger partial charge is 0.478 e. The van der Waals surface area contributed by atoms with Gasteiger partial charge >= 0.3 is 11.9 Å². The minimum atomic E-state index is -1.59. The predicted molar refractivity (Wildman–Crippen MR) is 80.3 cm³/mol. The van der Waals surface area contributed by atoms with E-state index in [-0.39, 0.29) is 16.7 Å². The molecule has 8 heteroatoms. The smallest absolute Gasteiger partial charge is 0.342 e. The van der Waals surface area contributed by atoms with Gasteiger partial charge in [0.15, 0.2) is 0 Å². The number of carboxylic acid groups (broad SMARTS) is 2. The second-order valence-electron chi connectivity index (χ2n) is 4.69. The number of nitrogens with one attached hydrogen (secondary N) is 1. The fourth-order valence-corrected chi connectivity index (χ4v) is 2.34. The van der Waals surface area contributed by atoms with Gasteiger partial charge in [0, 0.05) is 5.56 Å². The van der Waals surface area contributed by atoms with E-state index in [9.17, 15) is 24.6 Å². The number of pyridine rings is 1. The molecule has 5 N–H and O–H groups in total. The molecule has 2 rings (SSSR count). The van der Waals surface area contributed by atoms with Gasteiger partial charge in [0.05, 0.1) is 11.6 Å². The SMILES string of the molecule is Cc1c(C#N)cccc1-c1c(C(=O)O)c(N)[nH]c(=O)c1C(=O)O. The Balaban J connectivity index is 3.08. The van der Waals surface area contributed by atoms with E-state index in [1.807, 2.05) is 11.1 Å².